The van der Waals surface area contributed by atoms with Gasteiger partial charge in [0.25, 0.3) is 0 Å². The van der Waals surface area contributed by atoms with Crippen molar-refractivity contribution < 1.29 is 31.6 Å². The molecular formula is C30H38ClNO3. The van der Waals surface area contributed by atoms with Gasteiger partial charge in [0.15, 0.2) is 0 Å². The number of nitrogens with one attached hydrogen (secondary N) is 1. The summed E-state index contributed by atoms with van der Waals surface area (Å²) in [5.41, 5.74) is 3.51. The molecule has 4 aliphatic rings. The van der Waals surface area contributed by atoms with Crippen LogP contribution in [0.15, 0.2) is 48.5 Å². The SMILES string of the molecule is COc1cccc2c1[C@]13CC[NH+](CC4CC4)C(C2)[C@]1(OCCCc1ccccc1)CCC(=O)C3.[Cl-]. The fourth-order valence-electron chi connectivity index (χ4n) is 7.66. The van der Waals surface area contributed by atoms with Crippen molar-refractivity contribution in [2.24, 2.45) is 5.92 Å². The Labute approximate surface area is 215 Å². The molecular weight excluding hydrogens is 458 g/mol. The van der Waals surface area contributed by atoms with E-state index < -0.39 is 0 Å². The average molecular weight is 496 g/mol. The van der Waals surface area contributed by atoms with Crippen molar-refractivity contribution in [1.29, 1.82) is 0 Å². The molecule has 1 heterocycles. The van der Waals surface area contributed by atoms with Crippen LogP contribution in [-0.2, 0) is 27.8 Å². The van der Waals surface area contributed by atoms with Crippen molar-refractivity contribution in [2.75, 3.05) is 26.8 Å². The first-order chi connectivity index (χ1) is 16.6. The molecule has 2 aromatic carbocycles. The number of carbonyl (C=O) groups is 1. The lowest BCUT2D eigenvalue weighted by atomic mass is 9.49. The lowest BCUT2D eigenvalue weighted by Crippen LogP contribution is -3.21. The summed E-state index contributed by atoms with van der Waals surface area (Å²) in [6, 6.07) is 17.6. The van der Waals surface area contributed by atoms with E-state index in [4.69, 9.17) is 9.47 Å². The Morgan fingerprint density at radius 3 is 2.66 bits per heavy atom. The van der Waals surface area contributed by atoms with Crippen LogP contribution in [0.1, 0.15) is 61.6 Å². The number of carbonyl (C=O) groups excluding carboxylic acids is 1. The molecule has 188 valence electrons. The maximum Gasteiger partial charge on any atom is 0.134 e. The zero-order valence-electron chi connectivity index (χ0n) is 20.9. The van der Waals surface area contributed by atoms with Crippen molar-refractivity contribution in [1.82, 2.24) is 0 Å². The number of ketones is 1. The molecule has 4 atom stereocenters. The van der Waals surface area contributed by atoms with Gasteiger partial charge in [-0.2, -0.15) is 0 Å². The van der Waals surface area contributed by atoms with Gasteiger partial charge in [0, 0.05) is 49.2 Å². The summed E-state index contributed by atoms with van der Waals surface area (Å²) in [6.07, 6.45) is 8.97. The van der Waals surface area contributed by atoms with E-state index in [1.165, 1.54) is 36.1 Å². The number of quaternary nitrogens is 1. The third kappa shape index (κ3) is 4.22. The second-order valence-corrected chi connectivity index (χ2v) is 11.2. The van der Waals surface area contributed by atoms with Gasteiger partial charge in [-0.25, -0.2) is 0 Å². The number of methoxy groups -OCH3 is 1. The highest BCUT2D eigenvalue weighted by Crippen LogP contribution is 2.58. The van der Waals surface area contributed by atoms with Crippen molar-refractivity contribution in [3.05, 3.63) is 65.2 Å². The van der Waals surface area contributed by atoms with Crippen LogP contribution in [0, 0.1) is 5.92 Å². The lowest BCUT2D eigenvalue weighted by Gasteiger charge is -2.63. The zero-order valence-corrected chi connectivity index (χ0v) is 21.6. The highest BCUT2D eigenvalue weighted by Gasteiger charge is 2.69. The van der Waals surface area contributed by atoms with E-state index in [-0.39, 0.29) is 23.4 Å². The van der Waals surface area contributed by atoms with Crippen LogP contribution in [0.4, 0.5) is 0 Å². The third-order valence-corrected chi connectivity index (χ3v) is 9.31. The Hall–Kier alpha value is -1.88. The Kier molecular flexibility index (Phi) is 7.00. The van der Waals surface area contributed by atoms with Gasteiger partial charge < -0.3 is 26.8 Å². The fourth-order valence-corrected chi connectivity index (χ4v) is 7.66. The highest BCUT2D eigenvalue weighted by atomic mass is 35.5. The molecule has 2 unspecified atom stereocenters. The molecule has 0 aromatic heterocycles. The molecule has 1 aliphatic heterocycles. The number of Topliss-reactive ketones (excluding diaryl/α,β-unsaturated/α-hetero) is 1. The number of piperidine rings is 1. The van der Waals surface area contributed by atoms with Gasteiger partial charge >= 0.3 is 0 Å². The van der Waals surface area contributed by atoms with E-state index in [1.54, 1.807) is 12.0 Å². The molecule has 35 heavy (non-hydrogen) atoms. The average Bonchev–Trinajstić information content (AvgIpc) is 3.68. The number of fused-ring (bicyclic) bond motifs is 1. The van der Waals surface area contributed by atoms with Crippen molar-refractivity contribution in [3.8, 4) is 5.75 Å². The molecule has 1 saturated heterocycles. The monoisotopic (exact) mass is 495 g/mol. The van der Waals surface area contributed by atoms with Gasteiger partial charge in [-0.3, -0.25) is 4.79 Å². The Bertz CT molecular complexity index is 1050. The van der Waals surface area contributed by atoms with Crippen molar-refractivity contribution in [2.45, 2.75) is 74.8 Å². The van der Waals surface area contributed by atoms with E-state index in [2.05, 4.69) is 48.5 Å². The maximum absolute atomic E-state index is 13.0. The minimum absolute atomic E-state index is 0. The minimum atomic E-state index is -0.276. The topological polar surface area (TPSA) is 40.0 Å². The molecule has 2 saturated carbocycles. The largest absolute Gasteiger partial charge is 1.00 e. The van der Waals surface area contributed by atoms with Gasteiger partial charge in [-0.15, -0.1) is 0 Å². The van der Waals surface area contributed by atoms with Gasteiger partial charge in [0.05, 0.1) is 20.2 Å². The number of rotatable bonds is 8. The van der Waals surface area contributed by atoms with E-state index in [1.807, 2.05) is 0 Å². The number of ether oxygens (including phenoxy) is 2. The number of benzene rings is 2. The minimum Gasteiger partial charge on any atom is -1.00 e. The summed E-state index contributed by atoms with van der Waals surface area (Å²) < 4.78 is 13.1. The third-order valence-electron chi connectivity index (χ3n) is 9.31. The summed E-state index contributed by atoms with van der Waals surface area (Å²) in [4.78, 5) is 14.8. The number of hydrogen-bond acceptors (Lipinski definition) is 3. The van der Waals surface area contributed by atoms with Crippen LogP contribution in [-0.4, -0.2) is 44.2 Å². The summed E-state index contributed by atoms with van der Waals surface area (Å²) in [7, 11) is 1.78. The summed E-state index contributed by atoms with van der Waals surface area (Å²) in [5.74, 6) is 2.23. The van der Waals surface area contributed by atoms with Gasteiger partial charge in [0.2, 0.25) is 0 Å². The van der Waals surface area contributed by atoms with Gasteiger partial charge in [0.1, 0.15) is 23.2 Å². The molecule has 2 bridgehead atoms. The molecule has 3 aliphatic carbocycles. The summed E-state index contributed by atoms with van der Waals surface area (Å²) in [6.45, 7) is 3.16. The van der Waals surface area contributed by atoms with Crippen LogP contribution in [0.3, 0.4) is 0 Å². The second kappa shape index (κ2) is 9.88. The smallest absolute Gasteiger partial charge is 0.134 e. The van der Waals surface area contributed by atoms with E-state index in [0.717, 1.165) is 56.9 Å². The van der Waals surface area contributed by atoms with Crippen LogP contribution in [0.25, 0.3) is 0 Å². The fraction of sp³-hybridized carbons (Fsp3) is 0.567. The predicted molar refractivity (Wildman–Crippen MR) is 133 cm³/mol. The maximum atomic E-state index is 13.0. The molecule has 3 fully saturated rings. The molecule has 2 aromatic rings. The number of aryl methyl sites for hydroxylation is 1. The normalized spacial score (nSPS) is 31.2. The molecule has 5 heteroatoms. The van der Waals surface area contributed by atoms with Gasteiger partial charge in [-0.05, 0) is 49.3 Å². The van der Waals surface area contributed by atoms with Crippen LogP contribution < -0.4 is 22.0 Å². The highest BCUT2D eigenvalue weighted by molar-refractivity contribution is 5.82. The van der Waals surface area contributed by atoms with Crippen LogP contribution in [0.5, 0.6) is 5.75 Å². The predicted octanol–water partition coefficient (Wildman–Crippen LogP) is 0.702. The van der Waals surface area contributed by atoms with Crippen molar-refractivity contribution >= 4 is 5.78 Å². The van der Waals surface area contributed by atoms with Crippen LogP contribution >= 0.6 is 0 Å². The van der Waals surface area contributed by atoms with Gasteiger partial charge in [-0.1, -0.05) is 42.5 Å². The van der Waals surface area contributed by atoms with E-state index in [9.17, 15) is 4.79 Å². The molecule has 0 radical (unpaired) electrons. The first-order valence-electron chi connectivity index (χ1n) is 13.4. The Morgan fingerprint density at radius 1 is 1.06 bits per heavy atom. The number of halogens is 1. The Balaban J connectivity index is 0.00000253. The molecule has 6 rings (SSSR count). The molecule has 0 spiro atoms. The first kappa shape index (κ1) is 24.8. The summed E-state index contributed by atoms with van der Waals surface area (Å²) in [5, 5.41) is 0. The molecule has 4 nitrogen and oxygen atoms in total. The summed E-state index contributed by atoms with van der Waals surface area (Å²) >= 11 is 0. The molecule has 0 amide bonds. The van der Waals surface area contributed by atoms with Crippen molar-refractivity contribution in [3.63, 3.8) is 0 Å². The first-order valence-corrected chi connectivity index (χ1v) is 13.4. The van der Waals surface area contributed by atoms with Crippen LogP contribution in [0.2, 0.25) is 0 Å². The standard InChI is InChI=1S/C30H37NO3.ClH/c1-33-26-11-5-10-24-19-27-30(34-18-6-9-22-7-3-2-4-8-22)15-14-25(32)20-29(30,28(24)26)16-17-31(27)21-23-12-13-23;/h2-5,7-8,10-11,23,27H,6,9,12-21H2,1H3;1H/t27?,29-,30-;/m1./s1. The second-order valence-electron chi connectivity index (χ2n) is 11.2. The number of likely N-dealkylation sites (tertiary alicyclic amines) is 1. The molecule has 1 N–H and O–H groups in total. The lowest BCUT2D eigenvalue weighted by molar-refractivity contribution is -0.944. The quantitative estimate of drug-likeness (QED) is 0.548. The van der Waals surface area contributed by atoms with E-state index >= 15 is 0 Å². The zero-order chi connectivity index (χ0) is 23.2. The Morgan fingerprint density at radius 2 is 1.89 bits per heavy atom. The number of hydrogen-bond donors (Lipinski definition) is 1. The van der Waals surface area contributed by atoms with E-state index in [0.29, 0.717) is 24.7 Å².